The number of piperidine rings is 1. The summed E-state index contributed by atoms with van der Waals surface area (Å²) in [4.78, 5) is 31.4. The molecule has 0 bridgehead atoms. The first-order chi connectivity index (χ1) is 13.7. The third kappa shape index (κ3) is 6.04. The van der Waals surface area contributed by atoms with Crippen molar-refractivity contribution in [2.24, 2.45) is 0 Å². The van der Waals surface area contributed by atoms with Crippen LogP contribution in [0.2, 0.25) is 0 Å². The highest BCUT2D eigenvalue weighted by Crippen LogP contribution is 2.19. The lowest BCUT2D eigenvalue weighted by atomic mass is 10.00. The lowest BCUT2D eigenvalue weighted by Gasteiger charge is -2.38. The number of rotatable bonds is 7. The molecule has 0 spiro atoms. The van der Waals surface area contributed by atoms with E-state index in [9.17, 15) is 9.59 Å². The summed E-state index contributed by atoms with van der Waals surface area (Å²) in [6, 6.07) is 10.4. The van der Waals surface area contributed by atoms with E-state index in [1.54, 1.807) is 0 Å². The zero-order valence-corrected chi connectivity index (χ0v) is 17.1. The number of hydrogen-bond acceptors (Lipinski definition) is 4. The Morgan fingerprint density at radius 1 is 0.964 bits per heavy atom. The molecule has 1 atom stereocenters. The van der Waals surface area contributed by atoms with Crippen LogP contribution < -0.4 is 5.32 Å². The van der Waals surface area contributed by atoms with E-state index in [1.807, 2.05) is 30.3 Å². The molecule has 0 aromatic heterocycles. The highest BCUT2D eigenvalue weighted by atomic mass is 16.2. The topological polar surface area (TPSA) is 55.9 Å². The van der Waals surface area contributed by atoms with Crippen LogP contribution in [0.5, 0.6) is 0 Å². The van der Waals surface area contributed by atoms with Crippen molar-refractivity contribution in [2.45, 2.75) is 45.2 Å². The SMILES string of the molecule is CC[C@H]1CCCCN1C(=O)CN1CCN(CC(=O)NCc2ccccc2)CC1. The first-order valence-electron chi connectivity index (χ1n) is 10.7. The van der Waals surface area contributed by atoms with E-state index in [0.717, 1.165) is 57.5 Å². The number of amides is 2. The van der Waals surface area contributed by atoms with E-state index in [2.05, 4.69) is 26.9 Å². The van der Waals surface area contributed by atoms with Gasteiger partial charge in [0, 0.05) is 45.3 Å². The predicted molar refractivity (Wildman–Crippen MR) is 111 cm³/mol. The van der Waals surface area contributed by atoms with Gasteiger partial charge in [0.05, 0.1) is 13.1 Å². The maximum absolute atomic E-state index is 12.7. The third-order valence-electron chi connectivity index (χ3n) is 5.94. The summed E-state index contributed by atoms with van der Waals surface area (Å²) < 4.78 is 0. The summed E-state index contributed by atoms with van der Waals surface area (Å²) in [7, 11) is 0. The molecule has 0 unspecified atom stereocenters. The second-order valence-corrected chi connectivity index (χ2v) is 7.96. The highest BCUT2D eigenvalue weighted by Gasteiger charge is 2.27. The van der Waals surface area contributed by atoms with Crippen LogP contribution in [0, 0.1) is 0 Å². The minimum Gasteiger partial charge on any atom is -0.351 e. The van der Waals surface area contributed by atoms with Gasteiger partial charge in [-0.1, -0.05) is 37.3 Å². The molecular formula is C22H34N4O2. The predicted octanol–water partition coefficient (Wildman–Crippen LogP) is 1.71. The molecule has 28 heavy (non-hydrogen) atoms. The van der Waals surface area contributed by atoms with Gasteiger partial charge in [0.25, 0.3) is 0 Å². The van der Waals surface area contributed by atoms with Crippen LogP contribution >= 0.6 is 0 Å². The number of piperazine rings is 1. The van der Waals surface area contributed by atoms with Gasteiger partial charge in [-0.3, -0.25) is 19.4 Å². The zero-order chi connectivity index (χ0) is 19.8. The molecule has 0 aliphatic carbocycles. The average molecular weight is 387 g/mol. The Bertz CT molecular complexity index is 629. The summed E-state index contributed by atoms with van der Waals surface area (Å²) in [5.41, 5.74) is 1.11. The van der Waals surface area contributed by atoms with Gasteiger partial charge >= 0.3 is 0 Å². The fraction of sp³-hybridized carbons (Fsp3) is 0.636. The van der Waals surface area contributed by atoms with Crippen molar-refractivity contribution in [3.63, 3.8) is 0 Å². The Morgan fingerprint density at radius 3 is 2.32 bits per heavy atom. The van der Waals surface area contributed by atoms with Crippen LogP contribution in [0.1, 0.15) is 38.2 Å². The molecule has 2 aliphatic rings. The largest absolute Gasteiger partial charge is 0.351 e. The fourth-order valence-corrected chi connectivity index (χ4v) is 4.20. The molecule has 1 aromatic carbocycles. The van der Waals surface area contributed by atoms with Crippen molar-refractivity contribution in [1.29, 1.82) is 0 Å². The molecule has 2 saturated heterocycles. The van der Waals surface area contributed by atoms with Gasteiger partial charge in [-0.2, -0.15) is 0 Å². The Kier molecular flexibility index (Phi) is 7.86. The number of nitrogens with zero attached hydrogens (tertiary/aromatic N) is 3. The number of likely N-dealkylation sites (tertiary alicyclic amines) is 1. The standard InChI is InChI=1S/C22H34N4O2/c1-2-20-10-6-7-11-26(20)22(28)18-25-14-12-24(13-15-25)17-21(27)23-16-19-8-4-3-5-9-19/h3-5,8-9,20H,2,6-7,10-18H2,1H3,(H,23,27)/t20-/m0/s1. The Hall–Kier alpha value is -1.92. The van der Waals surface area contributed by atoms with Gasteiger partial charge in [0.15, 0.2) is 0 Å². The van der Waals surface area contributed by atoms with Gasteiger partial charge in [0.2, 0.25) is 11.8 Å². The van der Waals surface area contributed by atoms with E-state index in [-0.39, 0.29) is 11.8 Å². The van der Waals surface area contributed by atoms with Gasteiger partial charge in [-0.15, -0.1) is 0 Å². The van der Waals surface area contributed by atoms with E-state index in [1.165, 1.54) is 6.42 Å². The van der Waals surface area contributed by atoms with E-state index >= 15 is 0 Å². The second kappa shape index (κ2) is 10.6. The molecule has 6 heteroatoms. The van der Waals surface area contributed by atoms with E-state index < -0.39 is 0 Å². The molecule has 2 amide bonds. The molecule has 2 heterocycles. The maximum atomic E-state index is 12.7. The molecule has 1 N–H and O–H groups in total. The number of carbonyl (C=O) groups excluding carboxylic acids is 2. The van der Waals surface area contributed by atoms with Crippen LogP contribution in [-0.2, 0) is 16.1 Å². The molecule has 6 nitrogen and oxygen atoms in total. The zero-order valence-electron chi connectivity index (χ0n) is 17.1. The quantitative estimate of drug-likeness (QED) is 0.775. The van der Waals surface area contributed by atoms with E-state index in [4.69, 9.17) is 0 Å². The lowest BCUT2D eigenvalue weighted by Crippen LogP contribution is -2.53. The van der Waals surface area contributed by atoms with Crippen LogP contribution in [0.15, 0.2) is 30.3 Å². The molecule has 0 radical (unpaired) electrons. The van der Waals surface area contributed by atoms with Crippen molar-refractivity contribution in [2.75, 3.05) is 45.8 Å². The van der Waals surface area contributed by atoms with Gasteiger partial charge < -0.3 is 10.2 Å². The van der Waals surface area contributed by atoms with Crippen molar-refractivity contribution in [3.8, 4) is 0 Å². The van der Waals surface area contributed by atoms with Crippen molar-refractivity contribution < 1.29 is 9.59 Å². The Morgan fingerprint density at radius 2 is 1.64 bits per heavy atom. The minimum atomic E-state index is 0.0625. The number of benzene rings is 1. The smallest absolute Gasteiger partial charge is 0.236 e. The van der Waals surface area contributed by atoms with Crippen LogP contribution in [0.3, 0.4) is 0 Å². The number of carbonyl (C=O) groups is 2. The number of nitrogens with one attached hydrogen (secondary N) is 1. The molecular weight excluding hydrogens is 352 g/mol. The third-order valence-corrected chi connectivity index (χ3v) is 5.94. The van der Waals surface area contributed by atoms with Crippen molar-refractivity contribution in [1.82, 2.24) is 20.0 Å². The first-order valence-corrected chi connectivity index (χ1v) is 10.7. The Balaban J connectivity index is 1.36. The minimum absolute atomic E-state index is 0.0625. The Labute approximate surface area is 168 Å². The molecule has 154 valence electrons. The number of hydrogen-bond donors (Lipinski definition) is 1. The highest BCUT2D eigenvalue weighted by molar-refractivity contribution is 5.79. The molecule has 3 rings (SSSR count). The molecule has 0 saturated carbocycles. The second-order valence-electron chi connectivity index (χ2n) is 7.96. The molecule has 2 fully saturated rings. The molecule has 1 aromatic rings. The van der Waals surface area contributed by atoms with Crippen molar-refractivity contribution in [3.05, 3.63) is 35.9 Å². The van der Waals surface area contributed by atoms with Gasteiger partial charge in [0.1, 0.15) is 0 Å². The van der Waals surface area contributed by atoms with Crippen LogP contribution in [0.25, 0.3) is 0 Å². The first kappa shape index (κ1) is 20.8. The van der Waals surface area contributed by atoms with Gasteiger partial charge in [-0.05, 0) is 31.2 Å². The summed E-state index contributed by atoms with van der Waals surface area (Å²) in [5, 5.41) is 2.99. The fourth-order valence-electron chi connectivity index (χ4n) is 4.20. The summed E-state index contributed by atoms with van der Waals surface area (Å²) >= 11 is 0. The van der Waals surface area contributed by atoms with Crippen LogP contribution in [-0.4, -0.2) is 78.4 Å². The monoisotopic (exact) mass is 386 g/mol. The lowest BCUT2D eigenvalue weighted by molar-refractivity contribution is -0.137. The van der Waals surface area contributed by atoms with Crippen molar-refractivity contribution >= 4 is 11.8 Å². The summed E-state index contributed by atoms with van der Waals surface area (Å²) in [6.45, 7) is 7.99. The molecule has 2 aliphatic heterocycles. The maximum Gasteiger partial charge on any atom is 0.236 e. The van der Waals surface area contributed by atoms with Gasteiger partial charge in [-0.25, -0.2) is 0 Å². The summed E-state index contributed by atoms with van der Waals surface area (Å²) in [5.74, 6) is 0.341. The van der Waals surface area contributed by atoms with E-state index in [0.29, 0.717) is 25.7 Å². The summed E-state index contributed by atoms with van der Waals surface area (Å²) in [6.07, 6.45) is 4.58. The normalized spacial score (nSPS) is 21.5. The van der Waals surface area contributed by atoms with Crippen LogP contribution in [0.4, 0.5) is 0 Å². The average Bonchev–Trinajstić information content (AvgIpc) is 2.74.